The van der Waals surface area contributed by atoms with E-state index < -0.39 is 17.6 Å². The molecular formula is C26H19ClFN3O3S. The number of carbonyl (C=O) groups excluding carboxylic acids is 2. The first-order valence-corrected chi connectivity index (χ1v) is 11.9. The Kier molecular flexibility index (Phi) is 7.39. The molecule has 0 saturated heterocycles. The van der Waals surface area contributed by atoms with E-state index >= 15 is 0 Å². The van der Waals surface area contributed by atoms with Crippen molar-refractivity contribution in [3.63, 3.8) is 0 Å². The highest BCUT2D eigenvalue weighted by Gasteiger charge is 2.36. The molecule has 0 bridgehead atoms. The number of nitriles is 1. The zero-order valence-electron chi connectivity index (χ0n) is 18.5. The van der Waals surface area contributed by atoms with Crippen molar-refractivity contribution in [1.29, 1.82) is 5.26 Å². The molecule has 1 atom stereocenters. The van der Waals surface area contributed by atoms with Crippen LogP contribution in [0.3, 0.4) is 0 Å². The SMILES string of the molecule is CC1=C(C(=O)Nc2ccccc2F)[C@H](c2ccco2)C(C#N)=C(SCC(=O)c2ccc(Cl)cc2)N1. The highest BCUT2D eigenvalue weighted by atomic mass is 35.5. The third-order valence-electron chi connectivity index (χ3n) is 5.36. The molecule has 6 nitrogen and oxygen atoms in total. The van der Waals surface area contributed by atoms with Crippen molar-refractivity contribution in [1.82, 2.24) is 5.32 Å². The standard InChI is InChI=1S/C26H19ClFN3O3S/c1-15-23(25(33)31-20-6-3-2-5-19(20)28)24(22-7-4-12-34-22)18(13-29)26(30-15)35-14-21(32)16-8-10-17(27)11-9-16/h2-12,24,30H,14H2,1H3,(H,31,33)/t24-/m0/s1. The first-order chi connectivity index (χ1) is 16.9. The second-order valence-corrected chi connectivity index (χ2v) is 9.04. The van der Waals surface area contributed by atoms with Gasteiger partial charge in [-0.1, -0.05) is 35.5 Å². The number of benzene rings is 2. The minimum Gasteiger partial charge on any atom is -0.468 e. The van der Waals surface area contributed by atoms with Crippen LogP contribution in [-0.4, -0.2) is 17.4 Å². The zero-order valence-corrected chi connectivity index (χ0v) is 20.0. The number of anilines is 1. The Hall–Kier alpha value is -3.80. The van der Waals surface area contributed by atoms with E-state index in [2.05, 4.69) is 16.7 Å². The van der Waals surface area contributed by atoms with Crippen LogP contribution < -0.4 is 10.6 Å². The number of ketones is 1. The van der Waals surface area contributed by atoms with Crippen LogP contribution >= 0.6 is 23.4 Å². The molecule has 4 rings (SSSR count). The minimum atomic E-state index is -0.837. The van der Waals surface area contributed by atoms with Gasteiger partial charge in [-0.15, -0.1) is 0 Å². The van der Waals surface area contributed by atoms with E-state index in [4.69, 9.17) is 16.0 Å². The van der Waals surface area contributed by atoms with Gasteiger partial charge in [0.15, 0.2) is 5.78 Å². The molecule has 2 N–H and O–H groups in total. The molecule has 9 heteroatoms. The quantitative estimate of drug-likeness (QED) is 0.379. The number of allylic oxidation sites excluding steroid dienone is 2. The van der Waals surface area contributed by atoms with E-state index in [0.29, 0.717) is 27.1 Å². The molecule has 0 radical (unpaired) electrons. The zero-order chi connectivity index (χ0) is 24.9. The fourth-order valence-electron chi connectivity index (χ4n) is 3.68. The number of Topliss-reactive ketones (excluding diaryl/α,β-unsaturated/α-hetero) is 1. The number of halogens is 2. The van der Waals surface area contributed by atoms with Crippen molar-refractivity contribution in [2.45, 2.75) is 12.8 Å². The summed E-state index contributed by atoms with van der Waals surface area (Å²) in [5.41, 5.74) is 1.41. The normalized spacial score (nSPS) is 15.4. The maximum absolute atomic E-state index is 14.2. The topological polar surface area (TPSA) is 95.1 Å². The largest absolute Gasteiger partial charge is 0.468 e. The number of nitrogens with zero attached hydrogens (tertiary/aromatic N) is 1. The summed E-state index contributed by atoms with van der Waals surface area (Å²) < 4.78 is 19.7. The predicted molar refractivity (Wildman–Crippen MR) is 133 cm³/mol. The Balaban J connectivity index is 1.64. The lowest BCUT2D eigenvalue weighted by atomic mass is 9.85. The fraction of sp³-hybridized carbons (Fsp3) is 0.115. The number of rotatable bonds is 7. The minimum absolute atomic E-state index is 0.0206. The summed E-state index contributed by atoms with van der Waals surface area (Å²) >= 11 is 7.05. The number of para-hydroxylation sites is 1. The maximum atomic E-state index is 14.2. The highest BCUT2D eigenvalue weighted by molar-refractivity contribution is 8.03. The van der Waals surface area contributed by atoms with Crippen LogP contribution in [0.15, 0.2) is 93.2 Å². The second-order valence-electron chi connectivity index (χ2n) is 7.62. The summed E-state index contributed by atoms with van der Waals surface area (Å²) in [6.07, 6.45) is 1.45. The first kappa shape index (κ1) is 24.3. The van der Waals surface area contributed by atoms with Gasteiger partial charge < -0.3 is 15.1 Å². The number of dihydropyridines is 1. The van der Waals surface area contributed by atoms with Gasteiger partial charge in [-0.3, -0.25) is 9.59 Å². The molecule has 1 aliphatic rings. The first-order valence-electron chi connectivity index (χ1n) is 10.5. The summed E-state index contributed by atoms with van der Waals surface area (Å²) in [6.45, 7) is 1.68. The average Bonchev–Trinajstić information content (AvgIpc) is 3.38. The summed E-state index contributed by atoms with van der Waals surface area (Å²) in [6, 6.07) is 17.9. The van der Waals surface area contributed by atoms with Gasteiger partial charge in [0.05, 0.1) is 45.9 Å². The van der Waals surface area contributed by atoms with Gasteiger partial charge >= 0.3 is 0 Å². The third-order valence-corrected chi connectivity index (χ3v) is 6.62. The van der Waals surface area contributed by atoms with Crippen LogP contribution in [0.2, 0.25) is 5.02 Å². The summed E-state index contributed by atoms with van der Waals surface area (Å²) in [5, 5.41) is 16.7. The number of furan rings is 1. The number of carbonyl (C=O) groups is 2. The van der Waals surface area contributed by atoms with Crippen LogP contribution in [0.1, 0.15) is 29.0 Å². The fourth-order valence-corrected chi connectivity index (χ4v) is 4.79. The summed E-state index contributed by atoms with van der Waals surface area (Å²) in [7, 11) is 0. The van der Waals surface area contributed by atoms with Gasteiger partial charge in [0, 0.05) is 16.3 Å². The summed E-state index contributed by atoms with van der Waals surface area (Å²) in [5.74, 6) is -1.69. The molecule has 3 aromatic rings. The molecule has 2 heterocycles. The monoisotopic (exact) mass is 507 g/mol. The predicted octanol–water partition coefficient (Wildman–Crippen LogP) is 6.02. The Morgan fingerprint density at radius 2 is 1.91 bits per heavy atom. The molecule has 1 aromatic heterocycles. The number of amides is 1. The van der Waals surface area contributed by atoms with E-state index in [-0.39, 0.29) is 28.4 Å². The second kappa shape index (κ2) is 10.6. The van der Waals surface area contributed by atoms with Gasteiger partial charge in [-0.25, -0.2) is 4.39 Å². The number of thioether (sulfide) groups is 1. The Bertz CT molecular complexity index is 1380. The lowest BCUT2D eigenvalue weighted by Crippen LogP contribution is -2.31. The Morgan fingerprint density at radius 1 is 1.17 bits per heavy atom. The Morgan fingerprint density at radius 3 is 2.57 bits per heavy atom. The number of hydrogen-bond donors (Lipinski definition) is 2. The molecule has 2 aromatic carbocycles. The van der Waals surface area contributed by atoms with Gasteiger partial charge in [-0.2, -0.15) is 5.26 Å². The van der Waals surface area contributed by atoms with Gasteiger partial charge in [-0.05, 0) is 55.5 Å². The Labute approximate surface area is 210 Å². The van der Waals surface area contributed by atoms with Crippen molar-refractivity contribution in [3.05, 3.63) is 111 Å². The lowest BCUT2D eigenvalue weighted by molar-refractivity contribution is -0.113. The molecule has 1 amide bonds. The van der Waals surface area contributed by atoms with Crippen LogP contribution in [0.4, 0.5) is 10.1 Å². The highest BCUT2D eigenvalue weighted by Crippen LogP contribution is 2.41. The van der Waals surface area contributed by atoms with E-state index in [1.807, 2.05) is 0 Å². The van der Waals surface area contributed by atoms with Crippen molar-refractivity contribution >= 4 is 40.7 Å². The van der Waals surface area contributed by atoms with Crippen molar-refractivity contribution < 1.29 is 18.4 Å². The molecule has 35 heavy (non-hydrogen) atoms. The lowest BCUT2D eigenvalue weighted by Gasteiger charge is -2.28. The third kappa shape index (κ3) is 5.32. The van der Waals surface area contributed by atoms with Crippen molar-refractivity contribution in [2.75, 3.05) is 11.1 Å². The molecule has 0 saturated carbocycles. The average molecular weight is 508 g/mol. The van der Waals surface area contributed by atoms with Crippen molar-refractivity contribution in [3.8, 4) is 6.07 Å². The van der Waals surface area contributed by atoms with Crippen LogP contribution in [0, 0.1) is 17.1 Å². The van der Waals surface area contributed by atoms with Gasteiger partial charge in [0.2, 0.25) is 0 Å². The van der Waals surface area contributed by atoms with Gasteiger partial charge in [0.25, 0.3) is 5.91 Å². The molecular weight excluding hydrogens is 489 g/mol. The summed E-state index contributed by atoms with van der Waals surface area (Å²) in [4.78, 5) is 25.9. The van der Waals surface area contributed by atoms with Crippen LogP contribution in [0.25, 0.3) is 0 Å². The van der Waals surface area contributed by atoms with Crippen LogP contribution in [0.5, 0.6) is 0 Å². The molecule has 0 spiro atoms. The molecule has 0 fully saturated rings. The number of nitrogens with one attached hydrogen (secondary N) is 2. The van der Waals surface area contributed by atoms with E-state index in [0.717, 1.165) is 11.8 Å². The van der Waals surface area contributed by atoms with Crippen molar-refractivity contribution in [2.24, 2.45) is 0 Å². The molecule has 1 aliphatic heterocycles. The number of hydrogen-bond acceptors (Lipinski definition) is 6. The van der Waals surface area contributed by atoms with E-state index in [1.54, 1.807) is 49.4 Å². The molecule has 0 aliphatic carbocycles. The smallest absolute Gasteiger partial charge is 0.254 e. The van der Waals surface area contributed by atoms with Crippen LogP contribution in [-0.2, 0) is 4.79 Å². The van der Waals surface area contributed by atoms with E-state index in [1.165, 1.54) is 24.5 Å². The maximum Gasteiger partial charge on any atom is 0.254 e. The molecule has 176 valence electrons. The molecule has 0 unspecified atom stereocenters. The van der Waals surface area contributed by atoms with E-state index in [9.17, 15) is 19.2 Å². The van der Waals surface area contributed by atoms with Gasteiger partial charge in [0.1, 0.15) is 11.6 Å².